The van der Waals surface area contributed by atoms with Crippen molar-refractivity contribution in [1.82, 2.24) is 0 Å². The van der Waals surface area contributed by atoms with E-state index in [4.69, 9.17) is 14.0 Å². The van der Waals surface area contributed by atoms with Crippen molar-refractivity contribution in [3.8, 4) is 0 Å². The molecule has 52 heavy (non-hydrogen) atoms. The summed E-state index contributed by atoms with van der Waals surface area (Å²) in [4.78, 5) is 34.3. The molecule has 0 aliphatic carbocycles. The SMILES string of the molecule is CC/C=C\C/C=C\C/C=C\C/C=C\CCCCCCCCCCCCC(=O)OC(COC(=O)CCCCCCC/C=C\CCC)COP(=O)(O)OC. The molecule has 2 unspecified atom stereocenters. The lowest BCUT2D eigenvalue weighted by atomic mass is 10.0. The Bertz CT molecular complexity index is 1030. The first kappa shape index (κ1) is 49.8. The first-order valence-electron chi connectivity index (χ1n) is 20.5. The maximum absolute atomic E-state index is 12.5. The van der Waals surface area contributed by atoms with Gasteiger partial charge in [0.25, 0.3) is 0 Å². The monoisotopic (exact) mass is 751 g/mol. The van der Waals surface area contributed by atoms with Gasteiger partial charge in [-0.15, -0.1) is 0 Å². The highest BCUT2D eigenvalue weighted by Crippen LogP contribution is 2.42. The Morgan fingerprint density at radius 1 is 0.558 bits per heavy atom. The summed E-state index contributed by atoms with van der Waals surface area (Å²) in [5.41, 5.74) is 0. The number of phosphoric ester groups is 1. The van der Waals surface area contributed by atoms with Crippen LogP contribution in [0.5, 0.6) is 0 Å². The molecule has 2 atom stereocenters. The van der Waals surface area contributed by atoms with Crippen molar-refractivity contribution in [2.75, 3.05) is 20.3 Å². The lowest BCUT2D eigenvalue weighted by Gasteiger charge is -2.19. The number of carbonyl (C=O) groups is 2. The maximum Gasteiger partial charge on any atom is 0.472 e. The molecular formula is C43H75O8P. The average molecular weight is 751 g/mol. The fourth-order valence-electron chi connectivity index (χ4n) is 5.36. The summed E-state index contributed by atoms with van der Waals surface area (Å²) in [5, 5.41) is 0. The third-order valence-corrected chi connectivity index (χ3v) is 9.41. The van der Waals surface area contributed by atoms with E-state index in [0.717, 1.165) is 103 Å². The van der Waals surface area contributed by atoms with Gasteiger partial charge in [-0.3, -0.25) is 18.6 Å². The van der Waals surface area contributed by atoms with E-state index in [1.165, 1.54) is 44.9 Å². The molecular weight excluding hydrogens is 675 g/mol. The summed E-state index contributed by atoms with van der Waals surface area (Å²) in [5.74, 6) is -0.825. The largest absolute Gasteiger partial charge is 0.472 e. The normalized spacial score (nSPS) is 14.0. The second-order valence-corrected chi connectivity index (χ2v) is 14.9. The van der Waals surface area contributed by atoms with Crippen LogP contribution in [0.3, 0.4) is 0 Å². The van der Waals surface area contributed by atoms with Crippen molar-refractivity contribution in [2.45, 2.75) is 180 Å². The first-order chi connectivity index (χ1) is 25.3. The molecule has 0 saturated carbocycles. The molecule has 0 bridgehead atoms. The fourth-order valence-corrected chi connectivity index (χ4v) is 5.82. The Morgan fingerprint density at radius 2 is 0.981 bits per heavy atom. The van der Waals surface area contributed by atoms with Gasteiger partial charge in [-0.2, -0.15) is 0 Å². The minimum Gasteiger partial charge on any atom is -0.462 e. The van der Waals surface area contributed by atoms with Crippen LogP contribution in [-0.4, -0.2) is 43.3 Å². The van der Waals surface area contributed by atoms with Gasteiger partial charge >= 0.3 is 19.8 Å². The highest BCUT2D eigenvalue weighted by atomic mass is 31.2. The van der Waals surface area contributed by atoms with E-state index < -0.39 is 26.5 Å². The number of rotatable bonds is 37. The predicted molar refractivity (Wildman–Crippen MR) is 216 cm³/mol. The second kappa shape index (κ2) is 38.5. The topological polar surface area (TPSA) is 108 Å². The lowest BCUT2D eigenvalue weighted by molar-refractivity contribution is -0.161. The van der Waals surface area contributed by atoms with Crippen LogP contribution in [0.4, 0.5) is 0 Å². The molecule has 0 fully saturated rings. The van der Waals surface area contributed by atoms with E-state index in [1.807, 2.05) is 0 Å². The summed E-state index contributed by atoms with van der Waals surface area (Å²) in [7, 11) is -3.21. The maximum atomic E-state index is 12.5. The summed E-state index contributed by atoms with van der Waals surface area (Å²) in [6.07, 6.45) is 47.1. The molecule has 0 aromatic heterocycles. The molecule has 0 spiro atoms. The van der Waals surface area contributed by atoms with Gasteiger partial charge in [-0.05, 0) is 70.6 Å². The average Bonchev–Trinajstić information content (AvgIpc) is 3.13. The van der Waals surface area contributed by atoms with E-state index in [2.05, 4.69) is 79.1 Å². The van der Waals surface area contributed by atoms with Gasteiger partial charge in [-0.25, -0.2) is 4.57 Å². The van der Waals surface area contributed by atoms with E-state index >= 15 is 0 Å². The molecule has 0 amide bonds. The number of allylic oxidation sites excluding steroid dienone is 10. The molecule has 0 aliphatic rings. The molecule has 8 nitrogen and oxygen atoms in total. The Balaban J connectivity index is 3.96. The Labute approximate surface area is 318 Å². The zero-order valence-corrected chi connectivity index (χ0v) is 34.1. The van der Waals surface area contributed by atoms with Crippen molar-refractivity contribution in [2.24, 2.45) is 0 Å². The van der Waals surface area contributed by atoms with Gasteiger partial charge < -0.3 is 14.4 Å². The van der Waals surface area contributed by atoms with Gasteiger partial charge in [-0.1, -0.05) is 152 Å². The molecule has 0 radical (unpaired) electrons. The molecule has 300 valence electrons. The standard InChI is InChI=1S/C43H75O8P/c1-4-6-8-10-12-14-16-17-18-19-20-21-22-23-24-25-26-27-28-30-32-34-36-38-43(45)51-41(40-50-52(46,47)48-3)39-49-42(44)37-35-33-31-29-15-13-11-9-7-5-2/h6,8-9,11-12,14,17-18,20-21,41H,4-5,7,10,13,15-16,19,22-40H2,1-3H3,(H,46,47)/b8-6-,11-9-,14-12-,18-17-,21-20-. The number of esters is 2. The van der Waals surface area contributed by atoms with Gasteiger partial charge in [0.1, 0.15) is 6.61 Å². The number of hydrogen-bond acceptors (Lipinski definition) is 7. The van der Waals surface area contributed by atoms with Gasteiger partial charge in [0, 0.05) is 20.0 Å². The summed E-state index contributed by atoms with van der Waals surface area (Å²) >= 11 is 0. The summed E-state index contributed by atoms with van der Waals surface area (Å²) < 4.78 is 31.9. The fraction of sp³-hybridized carbons (Fsp3) is 0.721. The third-order valence-electron chi connectivity index (χ3n) is 8.48. The van der Waals surface area contributed by atoms with Crippen molar-refractivity contribution >= 4 is 19.8 Å². The predicted octanol–water partition coefficient (Wildman–Crippen LogP) is 12.8. The summed E-state index contributed by atoms with van der Waals surface area (Å²) in [6, 6.07) is 0. The second-order valence-electron chi connectivity index (χ2n) is 13.4. The van der Waals surface area contributed by atoms with Crippen LogP contribution in [0.25, 0.3) is 0 Å². The number of phosphoric acid groups is 1. The van der Waals surface area contributed by atoms with E-state index in [0.29, 0.717) is 6.42 Å². The number of unbranched alkanes of at least 4 members (excludes halogenated alkanes) is 16. The van der Waals surface area contributed by atoms with Crippen molar-refractivity contribution in [3.63, 3.8) is 0 Å². The zero-order valence-electron chi connectivity index (χ0n) is 33.2. The number of ether oxygens (including phenoxy) is 2. The van der Waals surface area contributed by atoms with Crippen LogP contribution >= 0.6 is 7.82 Å². The van der Waals surface area contributed by atoms with Crippen LogP contribution < -0.4 is 0 Å². The quantitative estimate of drug-likeness (QED) is 0.0289. The molecule has 0 saturated heterocycles. The van der Waals surface area contributed by atoms with Crippen molar-refractivity contribution < 1.29 is 37.6 Å². The molecule has 0 aliphatic heterocycles. The Kier molecular flexibility index (Phi) is 36.8. The lowest BCUT2D eigenvalue weighted by Crippen LogP contribution is -2.29. The molecule has 1 N–H and O–H groups in total. The highest BCUT2D eigenvalue weighted by Gasteiger charge is 2.24. The molecule has 0 rings (SSSR count). The first-order valence-corrected chi connectivity index (χ1v) is 22.0. The smallest absolute Gasteiger partial charge is 0.462 e. The minimum atomic E-state index is -4.26. The van der Waals surface area contributed by atoms with Crippen LogP contribution in [0.1, 0.15) is 174 Å². The van der Waals surface area contributed by atoms with E-state index in [9.17, 15) is 19.0 Å². The summed E-state index contributed by atoms with van der Waals surface area (Å²) in [6.45, 7) is 3.69. The number of carbonyl (C=O) groups excluding carboxylic acids is 2. The van der Waals surface area contributed by atoms with Crippen LogP contribution in [-0.2, 0) is 32.7 Å². The molecule has 9 heteroatoms. The third kappa shape index (κ3) is 37.5. The van der Waals surface area contributed by atoms with Gasteiger partial charge in [0.05, 0.1) is 6.61 Å². The molecule has 0 aromatic carbocycles. The van der Waals surface area contributed by atoms with Crippen LogP contribution in [0.2, 0.25) is 0 Å². The molecule has 0 heterocycles. The van der Waals surface area contributed by atoms with Crippen LogP contribution in [0, 0.1) is 0 Å². The molecule has 0 aromatic rings. The van der Waals surface area contributed by atoms with Crippen molar-refractivity contribution in [3.05, 3.63) is 60.8 Å². The van der Waals surface area contributed by atoms with Gasteiger partial charge in [0.2, 0.25) is 0 Å². The number of hydrogen-bond donors (Lipinski definition) is 1. The minimum absolute atomic E-state index is 0.233. The Hall–Kier alpha value is -2.25. The van der Waals surface area contributed by atoms with Crippen LogP contribution in [0.15, 0.2) is 60.8 Å². The van der Waals surface area contributed by atoms with Crippen molar-refractivity contribution in [1.29, 1.82) is 0 Å². The van der Waals surface area contributed by atoms with E-state index in [-0.39, 0.29) is 25.4 Å². The Morgan fingerprint density at radius 3 is 1.48 bits per heavy atom. The van der Waals surface area contributed by atoms with Gasteiger partial charge in [0.15, 0.2) is 6.10 Å². The zero-order chi connectivity index (χ0) is 38.2. The van der Waals surface area contributed by atoms with E-state index in [1.54, 1.807) is 0 Å². The highest BCUT2D eigenvalue weighted by molar-refractivity contribution is 7.47.